The first-order valence-corrected chi connectivity index (χ1v) is 8.46. The van der Waals surface area contributed by atoms with Crippen molar-refractivity contribution >= 4 is 18.5 Å². The highest BCUT2D eigenvalue weighted by atomic mass is 32.2. The lowest BCUT2D eigenvalue weighted by Gasteiger charge is -2.32. The molecule has 2 atom stereocenters. The van der Waals surface area contributed by atoms with Crippen LogP contribution in [0.1, 0.15) is 62.3 Å². The van der Waals surface area contributed by atoms with Crippen LogP contribution in [-0.2, 0) is 20.7 Å². The summed E-state index contributed by atoms with van der Waals surface area (Å²) in [6.07, 6.45) is 0. The second kappa shape index (κ2) is 5.80. The molecule has 0 aromatic heterocycles. The van der Waals surface area contributed by atoms with E-state index in [2.05, 4.69) is 18.6 Å². The molecule has 1 saturated heterocycles. The van der Waals surface area contributed by atoms with E-state index in [9.17, 15) is 4.55 Å². The highest BCUT2D eigenvalue weighted by Crippen LogP contribution is 2.38. The summed E-state index contributed by atoms with van der Waals surface area (Å²) in [7, 11) is -0.383. The minimum absolute atomic E-state index is 0.101. The monoisotopic (exact) mass is 303 g/mol. The van der Waals surface area contributed by atoms with Gasteiger partial charge in [-0.25, -0.2) is 0 Å². The Hall–Kier alpha value is 0.255. The third kappa shape index (κ3) is 3.92. The predicted molar refractivity (Wildman–Crippen MR) is 85.7 cm³/mol. The van der Waals surface area contributed by atoms with Crippen molar-refractivity contribution in [1.29, 1.82) is 0 Å². The molecule has 0 aromatic carbocycles. The molecule has 1 N–H and O–H groups in total. The second-order valence-corrected chi connectivity index (χ2v) is 9.89. The molecule has 0 radical (unpaired) electrons. The van der Waals surface area contributed by atoms with Crippen LogP contribution < -0.4 is 4.72 Å². The van der Waals surface area contributed by atoms with E-state index in [1.165, 1.54) is 0 Å². The van der Waals surface area contributed by atoms with Gasteiger partial charge in [0.1, 0.15) is 4.75 Å². The molecule has 0 saturated carbocycles. The summed E-state index contributed by atoms with van der Waals surface area (Å²) in [4.78, 5) is 0. The Labute approximate surface area is 127 Å². The molecule has 4 nitrogen and oxygen atoms in total. The SMILES string of the molecule is CC(C)[C@H](N[S@+]([O-])C(C)(C)C)B1OC(C)(C)C(C)(C)O1. The summed E-state index contributed by atoms with van der Waals surface area (Å²) >= 11 is -1.14. The largest absolute Gasteiger partial charge is 0.598 e. The Morgan fingerprint density at radius 1 is 1.05 bits per heavy atom. The molecule has 1 aliphatic heterocycles. The zero-order chi connectivity index (χ0) is 15.9. The zero-order valence-electron chi connectivity index (χ0n) is 14.4. The van der Waals surface area contributed by atoms with Crippen LogP contribution in [0, 0.1) is 5.92 Å². The molecule has 1 aliphatic rings. The first-order chi connectivity index (χ1) is 8.78. The Morgan fingerprint density at radius 3 is 1.75 bits per heavy atom. The van der Waals surface area contributed by atoms with Gasteiger partial charge in [-0.3, -0.25) is 0 Å². The zero-order valence-corrected chi connectivity index (χ0v) is 15.2. The molecular weight excluding hydrogens is 273 g/mol. The third-order valence-corrected chi connectivity index (χ3v) is 5.68. The van der Waals surface area contributed by atoms with Crippen molar-refractivity contribution in [3.63, 3.8) is 0 Å². The van der Waals surface area contributed by atoms with Crippen LogP contribution in [0.3, 0.4) is 0 Å². The number of rotatable bonds is 4. The summed E-state index contributed by atoms with van der Waals surface area (Å²) in [5.74, 6) is 0.159. The van der Waals surface area contributed by atoms with E-state index < -0.39 is 11.4 Å². The van der Waals surface area contributed by atoms with Gasteiger partial charge in [0.25, 0.3) is 0 Å². The van der Waals surface area contributed by atoms with Crippen molar-refractivity contribution in [2.45, 2.75) is 84.2 Å². The normalized spacial score (nSPS) is 25.1. The molecule has 1 fully saturated rings. The summed E-state index contributed by atoms with van der Waals surface area (Å²) < 4.78 is 27.4. The smallest absolute Gasteiger partial charge is 0.481 e. The third-order valence-electron chi connectivity index (χ3n) is 4.08. The van der Waals surface area contributed by atoms with E-state index in [-0.39, 0.29) is 34.9 Å². The molecule has 118 valence electrons. The Bertz CT molecular complexity index is 326. The maximum absolute atomic E-state index is 12.3. The van der Waals surface area contributed by atoms with Crippen LogP contribution in [0.2, 0.25) is 0 Å². The van der Waals surface area contributed by atoms with Gasteiger partial charge in [0.15, 0.2) is 0 Å². The number of hydrogen-bond donors (Lipinski definition) is 1. The fraction of sp³-hybridized carbons (Fsp3) is 1.00. The van der Waals surface area contributed by atoms with Gasteiger partial charge in [-0.15, -0.1) is 4.72 Å². The van der Waals surface area contributed by atoms with Gasteiger partial charge in [0.05, 0.1) is 17.1 Å². The van der Waals surface area contributed by atoms with Crippen LogP contribution in [-0.4, -0.2) is 33.6 Å². The lowest BCUT2D eigenvalue weighted by atomic mass is 9.73. The average molecular weight is 303 g/mol. The molecular formula is C14H30BNO3S. The van der Waals surface area contributed by atoms with Crippen molar-refractivity contribution in [3.8, 4) is 0 Å². The second-order valence-electron chi connectivity index (χ2n) is 7.89. The first-order valence-electron chi connectivity index (χ1n) is 7.31. The van der Waals surface area contributed by atoms with E-state index in [4.69, 9.17) is 9.31 Å². The highest BCUT2D eigenvalue weighted by molar-refractivity contribution is 7.90. The molecule has 0 aliphatic carbocycles. The molecule has 0 bridgehead atoms. The Kier molecular flexibility index (Phi) is 5.31. The fourth-order valence-electron chi connectivity index (χ4n) is 1.84. The van der Waals surface area contributed by atoms with Crippen molar-refractivity contribution in [2.24, 2.45) is 5.92 Å². The van der Waals surface area contributed by atoms with Gasteiger partial charge >= 0.3 is 7.12 Å². The van der Waals surface area contributed by atoms with Crippen LogP contribution in [0.25, 0.3) is 0 Å². The molecule has 0 amide bonds. The van der Waals surface area contributed by atoms with Crippen LogP contribution in [0.4, 0.5) is 0 Å². The predicted octanol–water partition coefficient (Wildman–Crippen LogP) is 2.69. The quantitative estimate of drug-likeness (QED) is 0.641. The van der Waals surface area contributed by atoms with Gasteiger partial charge in [-0.1, -0.05) is 13.8 Å². The molecule has 0 spiro atoms. The van der Waals surface area contributed by atoms with Crippen molar-refractivity contribution < 1.29 is 13.9 Å². The molecule has 0 unspecified atom stereocenters. The topological polar surface area (TPSA) is 53.5 Å². The first kappa shape index (κ1) is 18.3. The lowest BCUT2D eigenvalue weighted by molar-refractivity contribution is 0.00578. The van der Waals surface area contributed by atoms with Crippen LogP contribution >= 0.6 is 0 Å². The minimum atomic E-state index is -1.14. The molecule has 20 heavy (non-hydrogen) atoms. The fourth-order valence-corrected chi connectivity index (χ4v) is 2.83. The van der Waals surface area contributed by atoms with E-state index in [0.29, 0.717) is 0 Å². The summed E-state index contributed by atoms with van der Waals surface area (Å²) in [6.45, 7) is 18.2. The number of hydrogen-bond acceptors (Lipinski definition) is 4. The van der Waals surface area contributed by atoms with E-state index >= 15 is 0 Å². The lowest BCUT2D eigenvalue weighted by Crippen LogP contribution is -2.54. The summed E-state index contributed by atoms with van der Waals surface area (Å²) in [5.41, 5.74) is -0.731. The van der Waals surface area contributed by atoms with Crippen molar-refractivity contribution in [3.05, 3.63) is 0 Å². The average Bonchev–Trinajstić information content (AvgIpc) is 2.41. The standard InChI is InChI=1S/C14H30BNO3S/c1-10(2)11(16-20(17)12(3,4)5)15-18-13(6,7)14(8,9)19-15/h10-11,16H,1-9H3/t11-,20+/m0/s1. The van der Waals surface area contributed by atoms with E-state index in [1.54, 1.807) is 0 Å². The summed E-state index contributed by atoms with van der Waals surface area (Å²) in [6, 6.07) is 0. The minimum Gasteiger partial charge on any atom is -0.598 e. The summed E-state index contributed by atoms with van der Waals surface area (Å²) in [5, 5.41) is 0. The van der Waals surface area contributed by atoms with Gasteiger partial charge in [0.2, 0.25) is 0 Å². The maximum atomic E-state index is 12.3. The van der Waals surface area contributed by atoms with Crippen LogP contribution in [0.5, 0.6) is 0 Å². The van der Waals surface area contributed by atoms with E-state index in [0.717, 1.165) is 0 Å². The molecule has 1 rings (SSSR count). The maximum Gasteiger partial charge on any atom is 0.481 e. The van der Waals surface area contributed by atoms with Gasteiger partial charge in [-0.05, 0) is 54.4 Å². The molecule has 1 heterocycles. The number of nitrogens with one attached hydrogen (secondary N) is 1. The van der Waals surface area contributed by atoms with Gasteiger partial charge in [-0.2, -0.15) is 0 Å². The van der Waals surface area contributed by atoms with Gasteiger partial charge < -0.3 is 13.9 Å². The van der Waals surface area contributed by atoms with E-state index in [1.807, 2.05) is 48.5 Å². The van der Waals surface area contributed by atoms with Crippen molar-refractivity contribution in [2.75, 3.05) is 0 Å². The Balaban J connectivity index is 2.85. The molecule has 0 aromatic rings. The Morgan fingerprint density at radius 2 is 1.45 bits per heavy atom. The molecule has 6 heteroatoms. The van der Waals surface area contributed by atoms with Crippen molar-refractivity contribution in [1.82, 2.24) is 4.72 Å². The highest BCUT2D eigenvalue weighted by Gasteiger charge is 2.55. The van der Waals surface area contributed by atoms with Crippen LogP contribution in [0.15, 0.2) is 0 Å². The van der Waals surface area contributed by atoms with Gasteiger partial charge in [0, 0.05) is 11.4 Å².